The molecule has 0 aromatic carbocycles. The number of imidazole rings is 1. The lowest BCUT2D eigenvalue weighted by Crippen LogP contribution is -2.41. The number of nitrogens with zero attached hydrogens (tertiary/aromatic N) is 4. The van der Waals surface area contributed by atoms with E-state index in [1.807, 2.05) is 0 Å². The second-order valence-electron chi connectivity index (χ2n) is 5.31. The molecule has 0 spiro atoms. The monoisotopic (exact) mass is 308 g/mol. The van der Waals surface area contributed by atoms with Gasteiger partial charge in [-0.2, -0.15) is 4.98 Å². The maximum absolute atomic E-state index is 11.5. The summed E-state index contributed by atoms with van der Waals surface area (Å²) >= 11 is 0. The Morgan fingerprint density at radius 2 is 2.23 bits per heavy atom. The highest BCUT2D eigenvalue weighted by atomic mass is 16.8. The molecule has 0 radical (unpaired) electrons. The normalized spacial score (nSPS) is 33.7. The number of hydrogen-bond acceptors (Lipinski definition) is 9. The molecule has 10 heteroatoms. The van der Waals surface area contributed by atoms with Crippen LogP contribution in [0.25, 0.3) is 11.2 Å². The van der Waals surface area contributed by atoms with Crippen molar-refractivity contribution in [2.24, 2.45) is 0 Å². The quantitative estimate of drug-likeness (QED) is 0.719. The maximum atomic E-state index is 11.5. The Labute approximate surface area is 123 Å². The lowest BCUT2D eigenvalue weighted by atomic mass is 9.96. The van der Waals surface area contributed by atoms with E-state index >= 15 is 0 Å². The Morgan fingerprint density at radius 3 is 3.00 bits per heavy atom. The SMILES string of the molecule is C[C@@]12OC(=O)O[C@@H]1[C@@H](CO)O[C@H]2n1cnc2c(O)ncnc21. The first-order valence-corrected chi connectivity index (χ1v) is 6.57. The van der Waals surface area contributed by atoms with Crippen LogP contribution in [-0.4, -0.2) is 60.3 Å². The first-order valence-electron chi connectivity index (χ1n) is 6.57. The van der Waals surface area contributed by atoms with Crippen molar-refractivity contribution in [2.75, 3.05) is 6.61 Å². The molecule has 2 aliphatic rings. The van der Waals surface area contributed by atoms with Crippen LogP contribution < -0.4 is 0 Å². The lowest BCUT2D eigenvalue weighted by Gasteiger charge is -2.26. The molecule has 0 aliphatic carbocycles. The molecule has 4 rings (SSSR count). The Bertz CT molecular complexity index is 763. The summed E-state index contributed by atoms with van der Waals surface area (Å²) in [4.78, 5) is 23.2. The van der Waals surface area contributed by atoms with Crippen molar-refractivity contribution in [3.8, 4) is 5.88 Å². The van der Waals surface area contributed by atoms with E-state index in [-0.39, 0.29) is 18.0 Å². The van der Waals surface area contributed by atoms with E-state index < -0.39 is 30.2 Å². The molecule has 4 atom stereocenters. The number of carbonyl (C=O) groups is 1. The molecule has 2 saturated heterocycles. The summed E-state index contributed by atoms with van der Waals surface area (Å²) in [6, 6.07) is 0. The highest BCUT2D eigenvalue weighted by molar-refractivity contribution is 5.75. The van der Waals surface area contributed by atoms with Crippen molar-refractivity contribution >= 4 is 17.3 Å². The molecule has 22 heavy (non-hydrogen) atoms. The third kappa shape index (κ3) is 1.56. The fourth-order valence-electron chi connectivity index (χ4n) is 2.98. The molecule has 2 aromatic heterocycles. The van der Waals surface area contributed by atoms with Gasteiger partial charge in [0.05, 0.1) is 12.9 Å². The standard InChI is InChI=1S/C12H12N4O6/c1-12-7(21-11(19)22-12)5(2-17)20-10(12)16-4-15-6-8(16)13-3-14-9(6)18/h3-5,7,10,17H,2H2,1H3,(H,13,14,18)/t5-,7-,10-,12-/m1/s1. The molecule has 0 unspecified atom stereocenters. The van der Waals surface area contributed by atoms with Gasteiger partial charge in [-0.15, -0.1) is 0 Å². The smallest absolute Gasteiger partial charge is 0.492 e. The van der Waals surface area contributed by atoms with Crippen LogP contribution in [0.5, 0.6) is 5.88 Å². The van der Waals surface area contributed by atoms with Crippen LogP contribution in [0, 0.1) is 0 Å². The van der Waals surface area contributed by atoms with Gasteiger partial charge in [0, 0.05) is 0 Å². The Morgan fingerprint density at radius 1 is 1.41 bits per heavy atom. The third-order valence-corrected chi connectivity index (χ3v) is 4.00. The van der Waals surface area contributed by atoms with Crippen LogP contribution in [0.15, 0.2) is 12.7 Å². The van der Waals surface area contributed by atoms with E-state index in [1.165, 1.54) is 17.2 Å². The molecule has 2 fully saturated rings. The molecule has 116 valence electrons. The Balaban J connectivity index is 1.84. The molecule has 0 bridgehead atoms. The minimum atomic E-state index is -1.14. The van der Waals surface area contributed by atoms with Gasteiger partial charge in [0.25, 0.3) is 0 Å². The van der Waals surface area contributed by atoms with Crippen molar-refractivity contribution in [3.05, 3.63) is 12.7 Å². The molecule has 10 nitrogen and oxygen atoms in total. The summed E-state index contributed by atoms with van der Waals surface area (Å²) < 4.78 is 17.6. The number of rotatable bonds is 2. The second-order valence-corrected chi connectivity index (χ2v) is 5.31. The second kappa shape index (κ2) is 4.27. The number of aromatic nitrogens is 4. The summed E-state index contributed by atoms with van der Waals surface area (Å²) in [6.07, 6.45) is -0.512. The predicted molar refractivity (Wildman–Crippen MR) is 67.7 cm³/mol. The van der Waals surface area contributed by atoms with Gasteiger partial charge in [-0.3, -0.25) is 4.57 Å². The average Bonchev–Trinajstić information content (AvgIpc) is 3.09. The summed E-state index contributed by atoms with van der Waals surface area (Å²) in [6.45, 7) is 1.32. The zero-order valence-corrected chi connectivity index (χ0v) is 11.4. The average molecular weight is 308 g/mol. The summed E-state index contributed by atoms with van der Waals surface area (Å²) in [5, 5.41) is 19.1. The van der Waals surface area contributed by atoms with E-state index in [2.05, 4.69) is 15.0 Å². The number of hydrogen-bond donors (Lipinski definition) is 2. The molecule has 0 amide bonds. The van der Waals surface area contributed by atoms with Crippen molar-refractivity contribution in [1.29, 1.82) is 0 Å². The minimum absolute atomic E-state index is 0.198. The Kier molecular flexibility index (Phi) is 2.57. The number of aromatic hydroxyl groups is 1. The van der Waals surface area contributed by atoms with Crippen molar-refractivity contribution < 1.29 is 29.2 Å². The molecule has 2 aliphatic heterocycles. The summed E-state index contributed by atoms with van der Waals surface area (Å²) in [7, 11) is 0. The number of aliphatic hydroxyl groups excluding tert-OH is 1. The summed E-state index contributed by atoms with van der Waals surface area (Å²) in [5.74, 6) is -0.262. The minimum Gasteiger partial charge on any atom is -0.492 e. The maximum Gasteiger partial charge on any atom is 0.509 e. The van der Waals surface area contributed by atoms with Gasteiger partial charge >= 0.3 is 6.16 Å². The van der Waals surface area contributed by atoms with Crippen LogP contribution >= 0.6 is 0 Å². The van der Waals surface area contributed by atoms with E-state index in [0.717, 1.165) is 0 Å². The highest BCUT2D eigenvalue weighted by Crippen LogP contribution is 2.47. The van der Waals surface area contributed by atoms with Crippen LogP contribution in [0.4, 0.5) is 4.79 Å². The van der Waals surface area contributed by atoms with Gasteiger partial charge < -0.3 is 24.4 Å². The van der Waals surface area contributed by atoms with Gasteiger partial charge in [0.2, 0.25) is 5.88 Å². The van der Waals surface area contributed by atoms with Gasteiger partial charge in [-0.05, 0) is 6.92 Å². The van der Waals surface area contributed by atoms with E-state index in [9.17, 15) is 15.0 Å². The van der Waals surface area contributed by atoms with E-state index in [4.69, 9.17) is 14.2 Å². The van der Waals surface area contributed by atoms with Gasteiger partial charge in [-0.1, -0.05) is 0 Å². The fourth-order valence-corrected chi connectivity index (χ4v) is 2.98. The number of fused-ring (bicyclic) bond motifs is 2. The molecule has 4 heterocycles. The fraction of sp³-hybridized carbons (Fsp3) is 0.500. The lowest BCUT2D eigenvalue weighted by molar-refractivity contribution is -0.0908. The van der Waals surface area contributed by atoms with Gasteiger partial charge in [0.1, 0.15) is 12.4 Å². The Hall–Kier alpha value is -2.46. The predicted octanol–water partition coefficient (Wildman–Crippen LogP) is -0.284. The van der Waals surface area contributed by atoms with Gasteiger partial charge in [-0.25, -0.2) is 14.8 Å². The van der Waals surface area contributed by atoms with E-state index in [0.29, 0.717) is 5.65 Å². The first-order chi connectivity index (χ1) is 10.5. The van der Waals surface area contributed by atoms with Gasteiger partial charge in [0.15, 0.2) is 29.1 Å². The highest BCUT2D eigenvalue weighted by Gasteiger charge is 2.64. The van der Waals surface area contributed by atoms with Crippen LogP contribution in [0.3, 0.4) is 0 Å². The first kappa shape index (κ1) is 13.2. The van der Waals surface area contributed by atoms with Crippen molar-refractivity contribution in [2.45, 2.75) is 31.0 Å². The molecule has 0 saturated carbocycles. The number of ether oxygens (including phenoxy) is 3. The molecule has 2 aromatic rings. The molecular weight excluding hydrogens is 296 g/mol. The van der Waals surface area contributed by atoms with Crippen LogP contribution in [-0.2, 0) is 14.2 Å². The largest absolute Gasteiger partial charge is 0.509 e. The summed E-state index contributed by atoms with van der Waals surface area (Å²) in [5.41, 5.74) is -0.624. The zero-order chi connectivity index (χ0) is 15.5. The van der Waals surface area contributed by atoms with Crippen LogP contribution in [0.2, 0.25) is 0 Å². The zero-order valence-electron chi connectivity index (χ0n) is 11.4. The van der Waals surface area contributed by atoms with Crippen molar-refractivity contribution in [1.82, 2.24) is 19.5 Å². The van der Waals surface area contributed by atoms with Crippen LogP contribution in [0.1, 0.15) is 13.2 Å². The molecular formula is C12H12N4O6. The number of aliphatic hydroxyl groups is 1. The molecule has 2 N–H and O–H groups in total. The van der Waals surface area contributed by atoms with Crippen molar-refractivity contribution in [3.63, 3.8) is 0 Å². The van der Waals surface area contributed by atoms with E-state index in [1.54, 1.807) is 6.92 Å². The number of carbonyl (C=O) groups excluding carboxylic acids is 1. The topological polar surface area (TPSA) is 129 Å². The third-order valence-electron chi connectivity index (χ3n) is 4.00.